The van der Waals surface area contributed by atoms with Gasteiger partial charge in [-0.15, -0.1) is 0 Å². The van der Waals surface area contributed by atoms with E-state index >= 15 is 0 Å². The first-order chi connectivity index (χ1) is 10.7. The van der Waals surface area contributed by atoms with Gasteiger partial charge in [0.1, 0.15) is 0 Å². The molecule has 0 unspecified atom stereocenters. The van der Waals surface area contributed by atoms with Gasteiger partial charge >= 0.3 is 0 Å². The maximum atomic E-state index is 12.6. The van der Waals surface area contributed by atoms with Crippen molar-refractivity contribution >= 4 is 9.84 Å². The van der Waals surface area contributed by atoms with E-state index in [4.69, 9.17) is 0 Å². The number of aryl methyl sites for hydroxylation is 1. The first-order valence-corrected chi connectivity index (χ1v) is 9.80. The summed E-state index contributed by atoms with van der Waals surface area (Å²) in [7, 11) is -3.20. The first kappa shape index (κ1) is 17.8. The lowest BCUT2D eigenvalue weighted by atomic mass is 10.0. The molecular weight excluding hydrogens is 306 g/mol. The van der Waals surface area contributed by atoms with E-state index in [1.807, 2.05) is 27.7 Å². The lowest BCUT2D eigenvalue weighted by molar-refractivity contribution is 0.592. The number of hydrogen-bond acceptors (Lipinski definition) is 2. The normalized spacial score (nSPS) is 11.9. The van der Waals surface area contributed by atoms with E-state index in [0.29, 0.717) is 17.9 Å². The van der Waals surface area contributed by atoms with E-state index in [1.54, 1.807) is 0 Å². The van der Waals surface area contributed by atoms with Crippen LogP contribution in [0, 0.1) is 34.6 Å². The second-order valence-electron chi connectivity index (χ2n) is 6.39. The molecule has 2 rings (SSSR count). The van der Waals surface area contributed by atoms with Crippen molar-refractivity contribution < 1.29 is 8.42 Å². The Balaban J connectivity index is 2.56. The van der Waals surface area contributed by atoms with Gasteiger partial charge in [-0.1, -0.05) is 25.1 Å². The molecule has 0 saturated carbocycles. The fourth-order valence-corrected chi connectivity index (χ4v) is 5.15. The minimum Gasteiger partial charge on any atom is -0.343 e. The van der Waals surface area contributed by atoms with Crippen LogP contribution in [0.1, 0.15) is 47.0 Å². The predicted octanol–water partition coefficient (Wildman–Crippen LogP) is 4.26. The van der Waals surface area contributed by atoms with Gasteiger partial charge in [-0.3, -0.25) is 0 Å². The molecule has 0 fully saturated rings. The lowest BCUT2D eigenvalue weighted by Gasteiger charge is -2.13. The number of nitrogens with zero attached hydrogens (tertiary/aromatic N) is 1. The Bertz CT molecular complexity index is 830. The number of benzene rings is 1. The van der Waals surface area contributed by atoms with Gasteiger partial charge < -0.3 is 4.57 Å². The number of rotatable bonds is 5. The summed E-state index contributed by atoms with van der Waals surface area (Å²) >= 11 is 0. The molecule has 2 aromatic rings. The van der Waals surface area contributed by atoms with Crippen molar-refractivity contribution in [3.63, 3.8) is 0 Å². The number of aromatic nitrogens is 1. The summed E-state index contributed by atoms with van der Waals surface area (Å²) in [4.78, 5) is 0.530. The van der Waals surface area contributed by atoms with Crippen molar-refractivity contribution in [2.24, 2.45) is 0 Å². The summed E-state index contributed by atoms with van der Waals surface area (Å²) in [6, 6.07) is 6.29. The molecule has 23 heavy (non-hydrogen) atoms. The van der Waals surface area contributed by atoms with Crippen LogP contribution in [0.15, 0.2) is 23.1 Å². The van der Waals surface area contributed by atoms with Crippen LogP contribution in [-0.2, 0) is 16.4 Å². The standard InChI is InChI=1S/C19H27NO2S/c1-7-11-23(21,22)19-15(4)16(5)20(17(19)6)12-18-10-8-9-13(2)14(18)3/h8-10H,7,11-12H2,1-6H3. The van der Waals surface area contributed by atoms with Crippen LogP contribution < -0.4 is 0 Å². The Hall–Kier alpha value is -1.55. The van der Waals surface area contributed by atoms with Gasteiger partial charge in [-0.2, -0.15) is 0 Å². The van der Waals surface area contributed by atoms with Gasteiger partial charge in [-0.05, 0) is 63.3 Å². The largest absolute Gasteiger partial charge is 0.343 e. The van der Waals surface area contributed by atoms with Crippen molar-refractivity contribution in [1.29, 1.82) is 0 Å². The molecule has 0 spiro atoms. The fraction of sp³-hybridized carbons (Fsp3) is 0.474. The number of sulfone groups is 1. The molecule has 0 N–H and O–H groups in total. The molecule has 3 nitrogen and oxygen atoms in total. The van der Waals surface area contributed by atoms with Crippen LogP contribution in [0.25, 0.3) is 0 Å². The molecule has 4 heteroatoms. The molecule has 0 radical (unpaired) electrons. The average Bonchev–Trinajstić information content (AvgIpc) is 2.67. The third-order valence-electron chi connectivity index (χ3n) is 4.85. The minimum absolute atomic E-state index is 0.210. The van der Waals surface area contributed by atoms with Crippen molar-refractivity contribution in [3.8, 4) is 0 Å². The van der Waals surface area contributed by atoms with Crippen LogP contribution in [0.3, 0.4) is 0 Å². The molecular formula is C19H27NO2S. The average molecular weight is 333 g/mol. The number of hydrogen-bond donors (Lipinski definition) is 0. The van der Waals surface area contributed by atoms with Crippen molar-refractivity contribution in [2.45, 2.75) is 59.4 Å². The third kappa shape index (κ3) is 3.23. The van der Waals surface area contributed by atoms with Crippen molar-refractivity contribution in [2.75, 3.05) is 5.75 Å². The van der Waals surface area contributed by atoms with E-state index < -0.39 is 9.84 Å². The van der Waals surface area contributed by atoms with Crippen LogP contribution in [0.5, 0.6) is 0 Å². The van der Waals surface area contributed by atoms with Crippen molar-refractivity contribution in [3.05, 3.63) is 51.8 Å². The second-order valence-corrected chi connectivity index (χ2v) is 8.43. The van der Waals surface area contributed by atoms with Crippen LogP contribution >= 0.6 is 0 Å². The molecule has 1 heterocycles. The monoisotopic (exact) mass is 333 g/mol. The Morgan fingerprint density at radius 1 is 0.957 bits per heavy atom. The van der Waals surface area contributed by atoms with Crippen molar-refractivity contribution in [1.82, 2.24) is 4.57 Å². The second kappa shape index (κ2) is 6.52. The molecule has 0 bridgehead atoms. The minimum atomic E-state index is -3.20. The van der Waals surface area contributed by atoms with Gasteiger partial charge in [-0.25, -0.2) is 8.42 Å². The molecule has 0 atom stereocenters. The molecule has 0 aliphatic rings. The highest BCUT2D eigenvalue weighted by Crippen LogP contribution is 2.29. The maximum absolute atomic E-state index is 12.6. The van der Waals surface area contributed by atoms with Crippen LogP contribution in [0.2, 0.25) is 0 Å². The van der Waals surface area contributed by atoms with E-state index in [2.05, 4.69) is 36.6 Å². The Labute approximate surface area is 140 Å². The van der Waals surface area contributed by atoms with E-state index in [1.165, 1.54) is 16.7 Å². The summed E-state index contributed by atoms with van der Waals surface area (Å²) in [6.07, 6.45) is 0.641. The Kier molecular flexibility index (Phi) is 5.04. The molecule has 1 aromatic heterocycles. The SMILES string of the molecule is CCCS(=O)(=O)c1c(C)c(C)n(Cc2cccc(C)c2C)c1C. The zero-order valence-corrected chi connectivity index (χ0v) is 15.8. The molecule has 0 amide bonds. The molecule has 126 valence electrons. The van der Waals surface area contributed by atoms with Gasteiger partial charge in [0.15, 0.2) is 9.84 Å². The smallest absolute Gasteiger partial charge is 0.180 e. The molecule has 0 aliphatic heterocycles. The van der Waals surface area contributed by atoms with Crippen LogP contribution in [0.4, 0.5) is 0 Å². The highest BCUT2D eigenvalue weighted by molar-refractivity contribution is 7.91. The highest BCUT2D eigenvalue weighted by Gasteiger charge is 2.25. The lowest BCUT2D eigenvalue weighted by Crippen LogP contribution is -2.10. The zero-order valence-electron chi connectivity index (χ0n) is 15.0. The highest BCUT2D eigenvalue weighted by atomic mass is 32.2. The molecule has 0 aliphatic carbocycles. The molecule has 1 aromatic carbocycles. The molecule has 0 saturated heterocycles. The van der Waals surface area contributed by atoms with Crippen LogP contribution in [-0.4, -0.2) is 18.7 Å². The summed E-state index contributed by atoms with van der Waals surface area (Å²) in [6.45, 7) is 12.7. The Morgan fingerprint density at radius 2 is 1.61 bits per heavy atom. The Morgan fingerprint density at radius 3 is 2.22 bits per heavy atom. The van der Waals surface area contributed by atoms with E-state index in [-0.39, 0.29) is 5.75 Å². The quantitative estimate of drug-likeness (QED) is 0.820. The van der Waals surface area contributed by atoms with Gasteiger partial charge in [0, 0.05) is 17.9 Å². The van der Waals surface area contributed by atoms with E-state index in [0.717, 1.165) is 17.0 Å². The fourth-order valence-electron chi connectivity index (χ4n) is 3.23. The van der Waals surface area contributed by atoms with E-state index in [9.17, 15) is 8.42 Å². The first-order valence-electron chi connectivity index (χ1n) is 8.14. The van der Waals surface area contributed by atoms with Gasteiger partial charge in [0.25, 0.3) is 0 Å². The summed E-state index contributed by atoms with van der Waals surface area (Å²) < 4.78 is 27.3. The summed E-state index contributed by atoms with van der Waals surface area (Å²) in [5.41, 5.74) is 6.57. The summed E-state index contributed by atoms with van der Waals surface area (Å²) in [5, 5.41) is 0. The zero-order chi connectivity index (χ0) is 17.4. The topological polar surface area (TPSA) is 39.1 Å². The third-order valence-corrected chi connectivity index (χ3v) is 7.02. The summed E-state index contributed by atoms with van der Waals surface area (Å²) in [5.74, 6) is 0.210. The maximum Gasteiger partial charge on any atom is 0.180 e. The predicted molar refractivity (Wildman–Crippen MR) is 96.0 cm³/mol. The van der Waals surface area contributed by atoms with Gasteiger partial charge in [0.05, 0.1) is 10.6 Å². The van der Waals surface area contributed by atoms with Gasteiger partial charge in [0.2, 0.25) is 0 Å².